The molecule has 0 aliphatic carbocycles. The summed E-state index contributed by atoms with van der Waals surface area (Å²) in [7, 11) is 0.583. The van der Waals surface area contributed by atoms with Gasteiger partial charge in [0.05, 0.1) is 12.2 Å². The third-order valence-corrected chi connectivity index (χ3v) is 5.23. The molecule has 1 aromatic rings. The maximum absolute atomic E-state index is 12.3. The average molecular weight is 340 g/mol. The molecule has 2 heterocycles. The van der Waals surface area contributed by atoms with E-state index in [-0.39, 0.29) is 18.4 Å². The minimum atomic E-state index is -3.24. The van der Waals surface area contributed by atoms with Crippen LogP contribution in [0.2, 0.25) is 0 Å². The summed E-state index contributed by atoms with van der Waals surface area (Å²) in [5, 5.41) is 2.90. The smallest absolute Gasteiger partial charge is 0.224 e. The number of anilines is 1. The molecule has 1 amide bonds. The second kappa shape index (κ2) is 7.27. The number of aromatic nitrogens is 1. The van der Waals surface area contributed by atoms with E-state index in [0.29, 0.717) is 19.5 Å². The van der Waals surface area contributed by atoms with Crippen molar-refractivity contribution in [1.82, 2.24) is 14.6 Å². The maximum Gasteiger partial charge on any atom is 0.224 e. The van der Waals surface area contributed by atoms with Crippen LogP contribution < -0.4 is 10.2 Å². The van der Waals surface area contributed by atoms with Gasteiger partial charge in [0.2, 0.25) is 15.9 Å². The number of carbonyl (C=O) groups excluding carboxylic acids is 1. The highest BCUT2D eigenvalue weighted by atomic mass is 32.2. The van der Waals surface area contributed by atoms with Gasteiger partial charge in [-0.25, -0.2) is 17.7 Å². The summed E-state index contributed by atoms with van der Waals surface area (Å²) in [6.45, 7) is 1.18. The molecule has 1 fully saturated rings. The van der Waals surface area contributed by atoms with Gasteiger partial charge in [0.1, 0.15) is 5.82 Å². The van der Waals surface area contributed by atoms with Gasteiger partial charge in [-0.05, 0) is 30.5 Å². The van der Waals surface area contributed by atoms with Crippen LogP contribution >= 0.6 is 0 Å². The molecular weight excluding hydrogens is 316 g/mol. The number of carbonyl (C=O) groups is 1. The molecule has 8 heteroatoms. The van der Waals surface area contributed by atoms with E-state index >= 15 is 0 Å². The van der Waals surface area contributed by atoms with Crippen molar-refractivity contribution in [3.63, 3.8) is 0 Å². The summed E-state index contributed by atoms with van der Waals surface area (Å²) in [5.41, 5.74) is 0.966. The van der Waals surface area contributed by atoms with E-state index in [0.717, 1.165) is 17.8 Å². The molecule has 0 radical (unpaired) electrons. The monoisotopic (exact) mass is 340 g/mol. The van der Waals surface area contributed by atoms with E-state index in [1.54, 1.807) is 6.20 Å². The molecular formula is C15H24N4O3S. The lowest BCUT2D eigenvalue weighted by Gasteiger charge is -2.30. The Morgan fingerprint density at radius 3 is 2.87 bits per heavy atom. The van der Waals surface area contributed by atoms with Gasteiger partial charge in [0.15, 0.2) is 0 Å². The summed E-state index contributed by atoms with van der Waals surface area (Å²) in [4.78, 5) is 18.4. The van der Waals surface area contributed by atoms with Crippen molar-refractivity contribution in [2.24, 2.45) is 5.92 Å². The number of nitrogens with zero attached hydrogens (tertiary/aromatic N) is 3. The van der Waals surface area contributed by atoms with Gasteiger partial charge in [-0.1, -0.05) is 0 Å². The zero-order chi connectivity index (χ0) is 17.0. The Labute approximate surface area is 137 Å². The summed E-state index contributed by atoms with van der Waals surface area (Å²) in [6, 6.07) is 3.78. The van der Waals surface area contributed by atoms with Crippen LogP contribution in [0.3, 0.4) is 0 Å². The normalized spacial score (nSPS) is 19.3. The van der Waals surface area contributed by atoms with Crippen LogP contribution in [-0.4, -0.2) is 57.1 Å². The minimum Gasteiger partial charge on any atom is -0.363 e. The van der Waals surface area contributed by atoms with Crippen LogP contribution in [0.1, 0.15) is 18.4 Å². The highest BCUT2D eigenvalue weighted by Crippen LogP contribution is 2.19. The Kier molecular flexibility index (Phi) is 5.59. The highest BCUT2D eigenvalue weighted by Gasteiger charge is 2.29. The van der Waals surface area contributed by atoms with Crippen molar-refractivity contribution >= 4 is 21.7 Å². The van der Waals surface area contributed by atoms with Gasteiger partial charge >= 0.3 is 0 Å². The summed E-state index contributed by atoms with van der Waals surface area (Å²) in [6.07, 6.45) is 4.33. The van der Waals surface area contributed by atoms with E-state index in [9.17, 15) is 13.2 Å². The van der Waals surface area contributed by atoms with Crippen molar-refractivity contribution in [2.45, 2.75) is 19.4 Å². The molecule has 0 saturated carbocycles. The lowest BCUT2D eigenvalue weighted by Crippen LogP contribution is -2.44. The zero-order valence-electron chi connectivity index (χ0n) is 13.8. The second-order valence-electron chi connectivity index (χ2n) is 6.09. The predicted octanol–water partition coefficient (Wildman–Crippen LogP) is 0.435. The summed E-state index contributed by atoms with van der Waals surface area (Å²) < 4.78 is 24.6. The number of sulfonamides is 1. The molecule has 23 heavy (non-hydrogen) atoms. The van der Waals surface area contributed by atoms with Crippen LogP contribution in [0.5, 0.6) is 0 Å². The molecule has 1 saturated heterocycles. The Balaban J connectivity index is 1.93. The maximum atomic E-state index is 12.3. The largest absolute Gasteiger partial charge is 0.363 e. The van der Waals surface area contributed by atoms with Crippen molar-refractivity contribution in [1.29, 1.82) is 0 Å². The third kappa shape index (κ3) is 4.90. The second-order valence-corrected chi connectivity index (χ2v) is 8.08. The highest BCUT2D eigenvalue weighted by molar-refractivity contribution is 7.88. The van der Waals surface area contributed by atoms with Crippen molar-refractivity contribution in [2.75, 3.05) is 38.3 Å². The standard InChI is InChI=1S/C15H24N4O3S/c1-18(2)14-9-12(6-7-16-14)10-17-15(20)13-5-4-8-19(11-13)23(3,21)22/h6-7,9,13H,4-5,8,10-11H2,1-3H3,(H,17,20)/t13-/m1/s1. The quantitative estimate of drug-likeness (QED) is 0.841. The van der Waals surface area contributed by atoms with Gasteiger partial charge in [-0.2, -0.15) is 0 Å². The summed E-state index contributed by atoms with van der Waals surface area (Å²) in [5.74, 6) is 0.452. The molecule has 0 spiro atoms. The fourth-order valence-corrected chi connectivity index (χ4v) is 3.52. The molecule has 1 aromatic heterocycles. The molecule has 1 N–H and O–H groups in total. The van der Waals surface area contributed by atoms with Crippen LogP contribution in [0, 0.1) is 5.92 Å². The molecule has 1 aliphatic rings. The number of amides is 1. The minimum absolute atomic E-state index is 0.0958. The summed E-state index contributed by atoms with van der Waals surface area (Å²) >= 11 is 0. The average Bonchev–Trinajstić information content (AvgIpc) is 2.52. The molecule has 0 aromatic carbocycles. The lowest BCUT2D eigenvalue weighted by molar-refractivity contribution is -0.126. The molecule has 0 bridgehead atoms. The topological polar surface area (TPSA) is 82.6 Å². The third-order valence-electron chi connectivity index (χ3n) is 3.96. The number of piperidine rings is 1. The number of nitrogens with one attached hydrogen (secondary N) is 1. The van der Waals surface area contributed by atoms with Crippen LogP contribution in [0.15, 0.2) is 18.3 Å². The first-order chi connectivity index (χ1) is 10.8. The number of hydrogen-bond acceptors (Lipinski definition) is 5. The van der Waals surface area contributed by atoms with E-state index in [1.807, 2.05) is 31.1 Å². The number of hydrogen-bond donors (Lipinski definition) is 1. The van der Waals surface area contributed by atoms with E-state index < -0.39 is 10.0 Å². The molecule has 1 atom stereocenters. The van der Waals surface area contributed by atoms with Gasteiger partial charge in [0.25, 0.3) is 0 Å². The predicted molar refractivity (Wildman–Crippen MR) is 89.6 cm³/mol. The van der Waals surface area contributed by atoms with Gasteiger partial charge in [-0.15, -0.1) is 0 Å². The van der Waals surface area contributed by atoms with Crippen molar-refractivity contribution < 1.29 is 13.2 Å². The van der Waals surface area contributed by atoms with Gasteiger partial charge in [0, 0.05) is 39.9 Å². The van der Waals surface area contributed by atoms with Crippen LogP contribution in [0.4, 0.5) is 5.82 Å². The first kappa shape index (κ1) is 17.7. The Morgan fingerprint density at radius 1 is 1.48 bits per heavy atom. The van der Waals surface area contributed by atoms with Crippen LogP contribution in [0.25, 0.3) is 0 Å². The molecule has 2 rings (SSSR count). The van der Waals surface area contributed by atoms with E-state index in [1.165, 1.54) is 10.6 Å². The number of rotatable bonds is 5. The van der Waals surface area contributed by atoms with Gasteiger partial charge < -0.3 is 10.2 Å². The first-order valence-electron chi connectivity index (χ1n) is 7.62. The Bertz CT molecular complexity index is 660. The van der Waals surface area contributed by atoms with Crippen molar-refractivity contribution in [3.05, 3.63) is 23.9 Å². The SMILES string of the molecule is CN(C)c1cc(CNC(=O)[C@@H]2CCCN(S(C)(=O)=O)C2)ccn1. The lowest BCUT2D eigenvalue weighted by atomic mass is 9.99. The molecule has 128 valence electrons. The molecule has 1 aliphatic heterocycles. The van der Waals surface area contributed by atoms with E-state index in [4.69, 9.17) is 0 Å². The molecule has 0 unspecified atom stereocenters. The zero-order valence-corrected chi connectivity index (χ0v) is 14.6. The van der Waals surface area contributed by atoms with Crippen molar-refractivity contribution in [3.8, 4) is 0 Å². The molecule has 7 nitrogen and oxygen atoms in total. The Morgan fingerprint density at radius 2 is 2.22 bits per heavy atom. The first-order valence-corrected chi connectivity index (χ1v) is 9.47. The fourth-order valence-electron chi connectivity index (χ4n) is 2.61. The van der Waals surface area contributed by atoms with E-state index in [2.05, 4.69) is 10.3 Å². The fraction of sp³-hybridized carbons (Fsp3) is 0.600. The van der Waals surface area contributed by atoms with Crippen LogP contribution in [-0.2, 0) is 21.4 Å². The Hall–Kier alpha value is -1.67. The van der Waals surface area contributed by atoms with Gasteiger partial charge in [-0.3, -0.25) is 4.79 Å². The number of pyridine rings is 1.